The van der Waals surface area contributed by atoms with Crippen molar-refractivity contribution in [2.45, 2.75) is 44.6 Å². The van der Waals surface area contributed by atoms with Crippen molar-refractivity contribution in [3.8, 4) is 0 Å². The van der Waals surface area contributed by atoms with Crippen molar-refractivity contribution in [3.05, 3.63) is 42.4 Å². The molecule has 2 fully saturated rings. The monoisotopic (exact) mass is 395 g/mol. The van der Waals surface area contributed by atoms with E-state index >= 15 is 0 Å². The van der Waals surface area contributed by atoms with E-state index in [4.69, 9.17) is 4.74 Å². The Morgan fingerprint density at radius 2 is 1.79 bits per heavy atom. The molecule has 1 aromatic carbocycles. The second-order valence-electron chi connectivity index (χ2n) is 7.69. The van der Waals surface area contributed by atoms with Crippen molar-refractivity contribution < 1.29 is 9.53 Å². The highest BCUT2D eigenvalue weighted by molar-refractivity contribution is 5.93. The molecule has 7 nitrogen and oxygen atoms in total. The Hall–Kier alpha value is -2.67. The van der Waals surface area contributed by atoms with Crippen molar-refractivity contribution in [2.24, 2.45) is 0 Å². The lowest BCUT2D eigenvalue weighted by Crippen LogP contribution is -2.36. The molecular formula is C22H29N5O2. The van der Waals surface area contributed by atoms with Crippen molar-refractivity contribution in [1.29, 1.82) is 0 Å². The minimum absolute atomic E-state index is 0.121. The number of carbonyl (C=O) groups is 1. The van der Waals surface area contributed by atoms with E-state index in [0.29, 0.717) is 11.5 Å². The standard InChI is InChI=1S/C22H29N5O2/c28-22(25-17-7-3-1-2-4-8-17)19-15-21(24-16-23-19)26-18-9-5-6-10-20(18)27-11-13-29-14-12-27/h5-6,9-10,15-17H,1-4,7-8,11-14H2,(H,25,28)(H,23,24,26). The van der Waals surface area contributed by atoms with E-state index in [2.05, 4.69) is 31.6 Å². The van der Waals surface area contributed by atoms with Gasteiger partial charge in [0.05, 0.1) is 24.6 Å². The predicted octanol–water partition coefficient (Wildman–Crippen LogP) is 3.51. The van der Waals surface area contributed by atoms with Gasteiger partial charge in [-0.15, -0.1) is 0 Å². The number of nitrogens with zero attached hydrogens (tertiary/aromatic N) is 3. The molecule has 4 rings (SSSR count). The van der Waals surface area contributed by atoms with Gasteiger partial charge in [0.2, 0.25) is 0 Å². The number of amides is 1. The van der Waals surface area contributed by atoms with Crippen LogP contribution in [0.1, 0.15) is 49.0 Å². The second kappa shape index (κ2) is 9.69. The van der Waals surface area contributed by atoms with Crippen LogP contribution in [0.25, 0.3) is 0 Å². The van der Waals surface area contributed by atoms with Crippen LogP contribution >= 0.6 is 0 Å². The molecule has 2 heterocycles. The first-order valence-electron chi connectivity index (χ1n) is 10.6. The molecule has 1 saturated heterocycles. The summed E-state index contributed by atoms with van der Waals surface area (Å²) in [6, 6.07) is 10.1. The van der Waals surface area contributed by atoms with Gasteiger partial charge in [-0.1, -0.05) is 37.8 Å². The van der Waals surface area contributed by atoms with Gasteiger partial charge in [-0.3, -0.25) is 4.79 Å². The summed E-state index contributed by atoms with van der Waals surface area (Å²) < 4.78 is 5.46. The van der Waals surface area contributed by atoms with E-state index in [9.17, 15) is 4.79 Å². The van der Waals surface area contributed by atoms with Crippen LogP contribution in [0.4, 0.5) is 17.2 Å². The topological polar surface area (TPSA) is 79.4 Å². The van der Waals surface area contributed by atoms with Gasteiger partial charge >= 0.3 is 0 Å². The number of ether oxygens (including phenoxy) is 1. The molecule has 1 aromatic heterocycles. The summed E-state index contributed by atoms with van der Waals surface area (Å²) in [6.07, 6.45) is 8.43. The van der Waals surface area contributed by atoms with Gasteiger partial charge < -0.3 is 20.3 Å². The van der Waals surface area contributed by atoms with Gasteiger partial charge in [-0.25, -0.2) is 9.97 Å². The fraction of sp³-hybridized carbons (Fsp3) is 0.500. The number of hydrogen-bond acceptors (Lipinski definition) is 6. The average Bonchev–Trinajstić information content (AvgIpc) is 3.04. The fourth-order valence-electron chi connectivity index (χ4n) is 4.03. The minimum atomic E-state index is -0.121. The van der Waals surface area contributed by atoms with Crippen LogP contribution in [0.15, 0.2) is 36.7 Å². The van der Waals surface area contributed by atoms with Crippen LogP contribution in [0.5, 0.6) is 0 Å². The zero-order valence-electron chi connectivity index (χ0n) is 16.8. The first kappa shape index (κ1) is 19.6. The van der Waals surface area contributed by atoms with E-state index in [0.717, 1.165) is 50.5 Å². The molecule has 2 aromatic rings. The molecule has 1 aliphatic heterocycles. The minimum Gasteiger partial charge on any atom is -0.378 e. The summed E-state index contributed by atoms with van der Waals surface area (Å²) in [5.41, 5.74) is 2.47. The van der Waals surface area contributed by atoms with E-state index in [-0.39, 0.29) is 11.9 Å². The number of benzene rings is 1. The van der Waals surface area contributed by atoms with Crippen molar-refractivity contribution in [2.75, 3.05) is 36.5 Å². The quantitative estimate of drug-likeness (QED) is 0.755. The Labute approximate surface area is 171 Å². The maximum atomic E-state index is 12.7. The third kappa shape index (κ3) is 5.23. The van der Waals surface area contributed by atoms with Crippen LogP contribution < -0.4 is 15.5 Å². The van der Waals surface area contributed by atoms with Gasteiger partial charge in [0.15, 0.2) is 0 Å². The third-order valence-corrected chi connectivity index (χ3v) is 5.61. The second-order valence-corrected chi connectivity index (χ2v) is 7.69. The largest absolute Gasteiger partial charge is 0.378 e. The van der Waals surface area contributed by atoms with E-state index in [1.54, 1.807) is 6.07 Å². The lowest BCUT2D eigenvalue weighted by atomic mass is 10.1. The molecule has 2 aliphatic rings. The van der Waals surface area contributed by atoms with Gasteiger partial charge in [0.25, 0.3) is 5.91 Å². The lowest BCUT2D eigenvalue weighted by Gasteiger charge is -2.30. The predicted molar refractivity (Wildman–Crippen MR) is 114 cm³/mol. The number of nitrogens with one attached hydrogen (secondary N) is 2. The molecule has 0 spiro atoms. The number of morpholine rings is 1. The van der Waals surface area contributed by atoms with E-state index in [1.807, 2.05) is 18.2 Å². The zero-order valence-corrected chi connectivity index (χ0v) is 16.8. The number of carbonyl (C=O) groups excluding carboxylic acids is 1. The first-order valence-corrected chi connectivity index (χ1v) is 10.6. The fourth-order valence-corrected chi connectivity index (χ4v) is 4.03. The summed E-state index contributed by atoms with van der Waals surface area (Å²) in [4.78, 5) is 23.5. The molecule has 2 N–H and O–H groups in total. The molecule has 29 heavy (non-hydrogen) atoms. The van der Waals surface area contributed by atoms with Gasteiger partial charge in [0, 0.05) is 25.2 Å². The van der Waals surface area contributed by atoms with E-state index in [1.165, 1.54) is 32.0 Å². The number of hydrogen-bond donors (Lipinski definition) is 2. The molecule has 1 amide bonds. The normalized spacial score (nSPS) is 18.1. The van der Waals surface area contributed by atoms with Crippen molar-refractivity contribution in [1.82, 2.24) is 15.3 Å². The Bertz CT molecular complexity index is 814. The van der Waals surface area contributed by atoms with E-state index < -0.39 is 0 Å². The molecule has 1 saturated carbocycles. The molecule has 0 atom stereocenters. The van der Waals surface area contributed by atoms with Crippen molar-refractivity contribution in [3.63, 3.8) is 0 Å². The highest BCUT2D eigenvalue weighted by Crippen LogP contribution is 2.28. The smallest absolute Gasteiger partial charge is 0.270 e. The van der Waals surface area contributed by atoms with Gasteiger partial charge in [-0.2, -0.15) is 0 Å². The molecule has 7 heteroatoms. The summed E-state index contributed by atoms with van der Waals surface area (Å²) in [7, 11) is 0. The molecule has 1 aliphatic carbocycles. The molecule has 0 bridgehead atoms. The third-order valence-electron chi connectivity index (χ3n) is 5.61. The van der Waals surface area contributed by atoms with Crippen molar-refractivity contribution >= 4 is 23.1 Å². The molecule has 0 radical (unpaired) electrons. The summed E-state index contributed by atoms with van der Waals surface area (Å²) in [5.74, 6) is 0.496. The Morgan fingerprint density at radius 1 is 1.03 bits per heavy atom. The number of para-hydroxylation sites is 2. The van der Waals surface area contributed by atoms with Crippen LogP contribution in [-0.2, 0) is 4.74 Å². The highest BCUT2D eigenvalue weighted by atomic mass is 16.5. The zero-order chi connectivity index (χ0) is 19.9. The van der Waals surface area contributed by atoms with Gasteiger partial charge in [0.1, 0.15) is 17.8 Å². The SMILES string of the molecule is O=C(NC1CCCCCC1)c1cc(Nc2ccccc2N2CCOCC2)ncn1. The number of aromatic nitrogens is 2. The van der Waals surface area contributed by atoms with Crippen LogP contribution in [0.2, 0.25) is 0 Å². The highest BCUT2D eigenvalue weighted by Gasteiger charge is 2.18. The number of rotatable bonds is 5. The Morgan fingerprint density at radius 3 is 2.59 bits per heavy atom. The summed E-state index contributed by atoms with van der Waals surface area (Å²) >= 11 is 0. The lowest BCUT2D eigenvalue weighted by molar-refractivity contribution is 0.0928. The molecule has 0 unspecified atom stereocenters. The first-order chi connectivity index (χ1) is 14.3. The molecule has 154 valence electrons. The van der Waals surface area contributed by atoms with Crippen LogP contribution in [0.3, 0.4) is 0 Å². The molecular weight excluding hydrogens is 366 g/mol. The summed E-state index contributed by atoms with van der Waals surface area (Å²) in [5, 5.41) is 6.52. The maximum Gasteiger partial charge on any atom is 0.270 e. The van der Waals surface area contributed by atoms with Gasteiger partial charge in [-0.05, 0) is 25.0 Å². The van der Waals surface area contributed by atoms with Crippen LogP contribution in [-0.4, -0.2) is 48.2 Å². The maximum absolute atomic E-state index is 12.7. The van der Waals surface area contributed by atoms with Crippen LogP contribution in [0, 0.1) is 0 Å². The Kier molecular flexibility index (Phi) is 6.56. The average molecular weight is 396 g/mol. The Balaban J connectivity index is 1.46. The number of anilines is 3. The summed E-state index contributed by atoms with van der Waals surface area (Å²) in [6.45, 7) is 3.18.